The number of benzene rings is 2. The van der Waals surface area contributed by atoms with Gasteiger partial charge in [0.1, 0.15) is 5.44 Å². The fourth-order valence-corrected chi connectivity index (χ4v) is 3.43. The van der Waals surface area contributed by atoms with Crippen molar-refractivity contribution in [1.82, 2.24) is 0 Å². The van der Waals surface area contributed by atoms with Gasteiger partial charge in [0.25, 0.3) is 0 Å². The Morgan fingerprint density at radius 1 is 1.12 bits per heavy atom. The summed E-state index contributed by atoms with van der Waals surface area (Å²) in [6, 6.07) is 15.1. The Balaban J connectivity index is 1.81. The summed E-state index contributed by atoms with van der Waals surface area (Å²) in [5, 5.41) is 2.61. The van der Waals surface area contributed by atoms with Gasteiger partial charge in [0.05, 0.1) is 6.61 Å². The van der Waals surface area contributed by atoms with Crippen LogP contribution >= 0.6 is 11.8 Å². The van der Waals surface area contributed by atoms with Crippen molar-refractivity contribution in [2.24, 2.45) is 5.92 Å². The molecule has 1 aliphatic heterocycles. The predicted molar refractivity (Wildman–Crippen MR) is 73.3 cm³/mol. The monoisotopic (exact) mass is 244 g/mol. The molecule has 0 aliphatic carbocycles. The molecule has 0 radical (unpaired) electrons. The standard InChI is InChI=1S/C15H16OS/c1-11-8-15(16-10-11)17-14-7-6-12-4-2-3-5-13(12)9-14/h2-7,9,11,15H,8,10H2,1H3/t11-,15?/m1/s1. The lowest BCUT2D eigenvalue weighted by molar-refractivity contribution is 0.166. The summed E-state index contributed by atoms with van der Waals surface area (Å²) in [4.78, 5) is 1.31. The minimum Gasteiger partial charge on any atom is -0.367 e. The van der Waals surface area contributed by atoms with E-state index in [1.165, 1.54) is 15.7 Å². The molecular formula is C15H16OS. The first-order valence-electron chi connectivity index (χ1n) is 6.08. The lowest BCUT2D eigenvalue weighted by Crippen LogP contribution is -1.97. The molecule has 3 rings (SSSR count). The number of hydrogen-bond acceptors (Lipinski definition) is 2. The van der Waals surface area contributed by atoms with Crippen molar-refractivity contribution in [3.8, 4) is 0 Å². The smallest absolute Gasteiger partial charge is 0.108 e. The molecule has 1 fully saturated rings. The minimum absolute atomic E-state index is 0.339. The average Bonchev–Trinajstić information content (AvgIpc) is 2.75. The van der Waals surface area contributed by atoms with Crippen molar-refractivity contribution in [3.63, 3.8) is 0 Å². The summed E-state index contributed by atoms with van der Waals surface area (Å²) < 4.78 is 5.74. The maximum absolute atomic E-state index is 5.74. The zero-order chi connectivity index (χ0) is 11.7. The molecule has 0 bridgehead atoms. The highest BCUT2D eigenvalue weighted by atomic mass is 32.2. The molecular weight excluding hydrogens is 228 g/mol. The van der Waals surface area contributed by atoms with Gasteiger partial charge in [-0.05, 0) is 35.2 Å². The molecule has 1 unspecified atom stereocenters. The van der Waals surface area contributed by atoms with E-state index in [0.29, 0.717) is 11.4 Å². The quantitative estimate of drug-likeness (QED) is 0.778. The van der Waals surface area contributed by atoms with Gasteiger partial charge in [-0.3, -0.25) is 0 Å². The van der Waals surface area contributed by atoms with Crippen LogP contribution in [0.1, 0.15) is 13.3 Å². The molecule has 88 valence electrons. The molecule has 0 saturated carbocycles. The number of fused-ring (bicyclic) bond motifs is 1. The third-order valence-electron chi connectivity index (χ3n) is 3.15. The molecule has 2 atom stereocenters. The van der Waals surface area contributed by atoms with Crippen molar-refractivity contribution in [1.29, 1.82) is 0 Å². The van der Waals surface area contributed by atoms with Gasteiger partial charge in [-0.25, -0.2) is 0 Å². The van der Waals surface area contributed by atoms with Crippen LogP contribution in [0.2, 0.25) is 0 Å². The Kier molecular flexibility index (Phi) is 3.08. The summed E-state index contributed by atoms with van der Waals surface area (Å²) in [5.41, 5.74) is 0.339. The first kappa shape index (κ1) is 11.1. The molecule has 1 aliphatic rings. The SMILES string of the molecule is C[C@H]1COC(Sc2ccc3ccccc3c2)C1. The van der Waals surface area contributed by atoms with E-state index < -0.39 is 0 Å². The second-order valence-electron chi connectivity index (χ2n) is 4.73. The van der Waals surface area contributed by atoms with Crippen molar-refractivity contribution in [2.75, 3.05) is 6.61 Å². The molecule has 0 aromatic heterocycles. The fraction of sp³-hybridized carbons (Fsp3) is 0.333. The largest absolute Gasteiger partial charge is 0.367 e. The zero-order valence-corrected chi connectivity index (χ0v) is 10.7. The summed E-state index contributed by atoms with van der Waals surface area (Å²) in [7, 11) is 0. The van der Waals surface area contributed by atoms with Crippen LogP contribution in [0, 0.1) is 5.92 Å². The van der Waals surface area contributed by atoms with Crippen molar-refractivity contribution in [2.45, 2.75) is 23.7 Å². The number of thioether (sulfide) groups is 1. The van der Waals surface area contributed by atoms with E-state index in [4.69, 9.17) is 4.74 Å². The van der Waals surface area contributed by atoms with Crippen LogP contribution < -0.4 is 0 Å². The van der Waals surface area contributed by atoms with E-state index in [2.05, 4.69) is 49.4 Å². The molecule has 1 nitrogen and oxygen atoms in total. The van der Waals surface area contributed by atoms with Crippen LogP contribution in [-0.2, 0) is 4.74 Å². The van der Waals surface area contributed by atoms with Gasteiger partial charge in [0.15, 0.2) is 0 Å². The fourth-order valence-electron chi connectivity index (χ4n) is 2.21. The van der Waals surface area contributed by atoms with Crippen LogP contribution in [0.25, 0.3) is 10.8 Å². The van der Waals surface area contributed by atoms with Gasteiger partial charge < -0.3 is 4.74 Å². The zero-order valence-electron chi connectivity index (χ0n) is 9.93. The molecule has 0 amide bonds. The van der Waals surface area contributed by atoms with E-state index in [-0.39, 0.29) is 0 Å². The Bertz CT molecular complexity index is 523. The highest BCUT2D eigenvalue weighted by Gasteiger charge is 2.22. The molecule has 17 heavy (non-hydrogen) atoms. The lowest BCUT2D eigenvalue weighted by atomic mass is 10.1. The number of rotatable bonds is 2. The Morgan fingerprint density at radius 2 is 1.94 bits per heavy atom. The van der Waals surface area contributed by atoms with Crippen LogP contribution in [0.15, 0.2) is 47.4 Å². The maximum Gasteiger partial charge on any atom is 0.108 e. The average molecular weight is 244 g/mol. The molecule has 2 aromatic rings. The highest BCUT2D eigenvalue weighted by Crippen LogP contribution is 2.34. The first-order valence-corrected chi connectivity index (χ1v) is 6.96. The van der Waals surface area contributed by atoms with Gasteiger partial charge in [0.2, 0.25) is 0 Å². The van der Waals surface area contributed by atoms with E-state index in [0.717, 1.165) is 13.0 Å². The normalized spacial score (nSPS) is 24.3. The van der Waals surface area contributed by atoms with Crippen molar-refractivity contribution in [3.05, 3.63) is 42.5 Å². The second kappa shape index (κ2) is 4.71. The molecule has 2 heteroatoms. The summed E-state index contributed by atoms with van der Waals surface area (Å²) >= 11 is 1.85. The third-order valence-corrected chi connectivity index (χ3v) is 4.27. The third kappa shape index (κ3) is 2.48. The van der Waals surface area contributed by atoms with Gasteiger partial charge >= 0.3 is 0 Å². The van der Waals surface area contributed by atoms with Crippen LogP contribution in [0.4, 0.5) is 0 Å². The molecule has 0 spiro atoms. The van der Waals surface area contributed by atoms with E-state index in [9.17, 15) is 0 Å². The minimum atomic E-state index is 0.339. The predicted octanol–water partition coefficient (Wildman–Crippen LogP) is 4.31. The Labute approximate surface area is 106 Å². The van der Waals surface area contributed by atoms with Gasteiger partial charge in [-0.15, -0.1) is 0 Å². The van der Waals surface area contributed by atoms with Gasteiger partial charge in [-0.1, -0.05) is 49.0 Å². The van der Waals surface area contributed by atoms with Crippen LogP contribution in [0.5, 0.6) is 0 Å². The van der Waals surface area contributed by atoms with Crippen molar-refractivity contribution < 1.29 is 4.74 Å². The topological polar surface area (TPSA) is 9.23 Å². The van der Waals surface area contributed by atoms with Gasteiger partial charge in [0, 0.05) is 4.90 Å². The van der Waals surface area contributed by atoms with E-state index in [1.54, 1.807) is 0 Å². The van der Waals surface area contributed by atoms with Gasteiger partial charge in [-0.2, -0.15) is 0 Å². The number of ether oxygens (including phenoxy) is 1. The molecule has 0 N–H and O–H groups in total. The second-order valence-corrected chi connectivity index (χ2v) is 5.96. The van der Waals surface area contributed by atoms with Crippen LogP contribution in [0.3, 0.4) is 0 Å². The molecule has 1 saturated heterocycles. The molecule has 1 heterocycles. The van der Waals surface area contributed by atoms with E-state index in [1.807, 2.05) is 11.8 Å². The molecule has 2 aromatic carbocycles. The maximum atomic E-state index is 5.74. The summed E-state index contributed by atoms with van der Waals surface area (Å²) in [5.74, 6) is 0.702. The lowest BCUT2D eigenvalue weighted by Gasteiger charge is -2.09. The Morgan fingerprint density at radius 3 is 2.71 bits per heavy atom. The summed E-state index contributed by atoms with van der Waals surface area (Å²) in [6.45, 7) is 3.16. The Hall–Kier alpha value is -0.990. The van der Waals surface area contributed by atoms with Crippen molar-refractivity contribution >= 4 is 22.5 Å². The highest BCUT2D eigenvalue weighted by molar-refractivity contribution is 7.99. The van der Waals surface area contributed by atoms with Crippen LogP contribution in [-0.4, -0.2) is 12.0 Å². The number of hydrogen-bond donors (Lipinski definition) is 0. The first-order chi connectivity index (χ1) is 8.31. The summed E-state index contributed by atoms with van der Waals surface area (Å²) in [6.07, 6.45) is 1.16. The van der Waals surface area contributed by atoms with E-state index >= 15 is 0 Å².